The first-order chi connectivity index (χ1) is 9.67. The van der Waals surface area contributed by atoms with E-state index < -0.39 is 0 Å². The fraction of sp³-hybridized carbons (Fsp3) is 0.600. The number of hydrogen-bond donors (Lipinski definition) is 1. The lowest BCUT2D eigenvalue weighted by Crippen LogP contribution is -2.35. The van der Waals surface area contributed by atoms with Crippen LogP contribution in [-0.2, 0) is 0 Å². The maximum atomic E-state index is 12.7. The lowest BCUT2D eigenvalue weighted by molar-refractivity contribution is 0.0734. The molecule has 2 saturated carbocycles. The number of amides is 1. The number of anilines is 1. The Morgan fingerprint density at radius 1 is 1.40 bits per heavy atom. The molecule has 0 aromatic carbocycles. The van der Waals surface area contributed by atoms with Gasteiger partial charge in [0.2, 0.25) is 0 Å². The Morgan fingerprint density at radius 2 is 2.15 bits per heavy atom. The van der Waals surface area contributed by atoms with Crippen molar-refractivity contribution in [2.24, 2.45) is 5.92 Å². The number of hydrogen-bond acceptors (Lipinski definition) is 3. The van der Waals surface area contributed by atoms with Crippen LogP contribution in [0.2, 0.25) is 5.15 Å². The zero-order valence-corrected chi connectivity index (χ0v) is 12.5. The smallest absolute Gasteiger partial charge is 0.254 e. The summed E-state index contributed by atoms with van der Waals surface area (Å²) >= 11 is 6.03. The Hall–Kier alpha value is -1.29. The molecule has 3 rings (SSSR count). The Bertz CT molecular complexity index is 512. The molecule has 20 heavy (non-hydrogen) atoms. The van der Waals surface area contributed by atoms with Crippen LogP contribution >= 0.6 is 11.6 Å². The van der Waals surface area contributed by atoms with Crippen LogP contribution in [0.1, 0.15) is 43.0 Å². The molecule has 108 valence electrons. The van der Waals surface area contributed by atoms with Crippen molar-refractivity contribution < 1.29 is 4.79 Å². The van der Waals surface area contributed by atoms with Crippen molar-refractivity contribution in [2.75, 3.05) is 18.4 Å². The van der Waals surface area contributed by atoms with Gasteiger partial charge in [-0.25, -0.2) is 4.98 Å². The highest BCUT2D eigenvalue weighted by molar-refractivity contribution is 6.29. The number of rotatable bonds is 6. The maximum Gasteiger partial charge on any atom is 0.254 e. The van der Waals surface area contributed by atoms with Crippen LogP contribution < -0.4 is 5.32 Å². The second kappa shape index (κ2) is 5.60. The van der Waals surface area contributed by atoms with Gasteiger partial charge in [-0.3, -0.25) is 4.79 Å². The number of pyridine rings is 1. The highest BCUT2D eigenvalue weighted by Crippen LogP contribution is 2.35. The number of halogens is 1. The third-order valence-electron chi connectivity index (χ3n) is 3.80. The molecule has 0 spiro atoms. The summed E-state index contributed by atoms with van der Waals surface area (Å²) in [7, 11) is 0. The molecule has 0 atom stereocenters. The van der Waals surface area contributed by atoms with Crippen LogP contribution in [0.25, 0.3) is 0 Å². The first-order valence-corrected chi connectivity index (χ1v) is 7.77. The molecule has 5 heteroatoms. The summed E-state index contributed by atoms with van der Waals surface area (Å²) < 4.78 is 0. The van der Waals surface area contributed by atoms with E-state index in [0.29, 0.717) is 28.5 Å². The van der Waals surface area contributed by atoms with Gasteiger partial charge in [-0.15, -0.1) is 0 Å². The van der Waals surface area contributed by atoms with Crippen LogP contribution in [0, 0.1) is 5.92 Å². The van der Waals surface area contributed by atoms with Crippen molar-refractivity contribution >= 4 is 23.3 Å². The Labute approximate surface area is 124 Å². The molecular weight excluding hydrogens is 274 g/mol. The van der Waals surface area contributed by atoms with Gasteiger partial charge in [-0.05, 0) is 50.7 Å². The summed E-state index contributed by atoms with van der Waals surface area (Å²) in [5.41, 5.74) is 0.647. The molecule has 0 bridgehead atoms. The van der Waals surface area contributed by atoms with Gasteiger partial charge < -0.3 is 10.2 Å². The quantitative estimate of drug-likeness (QED) is 0.819. The van der Waals surface area contributed by atoms with Gasteiger partial charge in [-0.2, -0.15) is 0 Å². The fourth-order valence-electron chi connectivity index (χ4n) is 2.42. The van der Waals surface area contributed by atoms with Crippen molar-refractivity contribution in [2.45, 2.75) is 38.6 Å². The standard InChI is InChI=1S/C15H20ClN3O/c1-2-17-14-8-11(7-13(16)18-14)15(20)19(12-5-6-12)9-10-3-4-10/h7-8,10,12H,2-6,9H2,1H3,(H,17,18). The summed E-state index contributed by atoms with van der Waals surface area (Å²) in [6, 6.07) is 3.92. The number of carbonyl (C=O) groups excluding carboxylic acids is 1. The van der Waals surface area contributed by atoms with E-state index in [1.54, 1.807) is 12.1 Å². The second-order valence-electron chi connectivity index (χ2n) is 5.73. The highest BCUT2D eigenvalue weighted by atomic mass is 35.5. The average Bonchev–Trinajstić information content (AvgIpc) is 3.26. The second-order valence-corrected chi connectivity index (χ2v) is 6.11. The molecule has 0 radical (unpaired) electrons. The molecule has 2 aliphatic rings. The van der Waals surface area contributed by atoms with Gasteiger partial charge in [0.25, 0.3) is 5.91 Å². The van der Waals surface area contributed by atoms with Crippen LogP contribution in [0.15, 0.2) is 12.1 Å². The lowest BCUT2D eigenvalue weighted by Gasteiger charge is -2.22. The van der Waals surface area contributed by atoms with Crippen molar-refractivity contribution in [1.29, 1.82) is 0 Å². The van der Waals surface area contributed by atoms with E-state index in [0.717, 1.165) is 25.9 Å². The minimum atomic E-state index is 0.0999. The van der Waals surface area contributed by atoms with E-state index >= 15 is 0 Å². The van der Waals surface area contributed by atoms with Crippen LogP contribution in [-0.4, -0.2) is 34.9 Å². The topological polar surface area (TPSA) is 45.2 Å². The Morgan fingerprint density at radius 3 is 2.75 bits per heavy atom. The van der Waals surface area contributed by atoms with Crippen LogP contribution in [0.3, 0.4) is 0 Å². The van der Waals surface area contributed by atoms with Crippen LogP contribution in [0.4, 0.5) is 5.82 Å². The number of nitrogens with one attached hydrogen (secondary N) is 1. The number of carbonyl (C=O) groups is 1. The summed E-state index contributed by atoms with van der Waals surface area (Å²) in [4.78, 5) is 18.9. The highest BCUT2D eigenvalue weighted by Gasteiger charge is 2.37. The third-order valence-corrected chi connectivity index (χ3v) is 3.99. The molecule has 0 aliphatic heterocycles. The molecule has 1 aromatic rings. The molecule has 4 nitrogen and oxygen atoms in total. The summed E-state index contributed by atoms with van der Waals surface area (Å²) in [5, 5.41) is 3.48. The van der Waals surface area contributed by atoms with E-state index in [1.807, 2.05) is 11.8 Å². The minimum absolute atomic E-state index is 0.0999. The molecule has 0 saturated heterocycles. The zero-order valence-electron chi connectivity index (χ0n) is 11.7. The minimum Gasteiger partial charge on any atom is -0.370 e. The molecule has 2 aliphatic carbocycles. The van der Waals surface area contributed by atoms with E-state index in [2.05, 4.69) is 10.3 Å². The summed E-state index contributed by atoms with van der Waals surface area (Å²) in [6.07, 6.45) is 4.79. The molecule has 1 N–H and O–H groups in total. The van der Waals surface area contributed by atoms with Gasteiger partial charge in [0.1, 0.15) is 11.0 Å². The fourth-order valence-corrected chi connectivity index (χ4v) is 2.63. The first kappa shape index (κ1) is 13.7. The van der Waals surface area contributed by atoms with E-state index in [-0.39, 0.29) is 5.91 Å². The largest absolute Gasteiger partial charge is 0.370 e. The Kier molecular flexibility index (Phi) is 3.83. The maximum absolute atomic E-state index is 12.7. The first-order valence-electron chi connectivity index (χ1n) is 7.39. The summed E-state index contributed by atoms with van der Waals surface area (Å²) in [5.74, 6) is 1.48. The summed E-state index contributed by atoms with van der Waals surface area (Å²) in [6.45, 7) is 3.66. The van der Waals surface area contributed by atoms with E-state index in [9.17, 15) is 4.79 Å². The molecule has 0 unspecified atom stereocenters. The van der Waals surface area contributed by atoms with Gasteiger partial charge in [0, 0.05) is 24.7 Å². The monoisotopic (exact) mass is 293 g/mol. The molecule has 1 aromatic heterocycles. The predicted octanol–water partition coefficient (Wildman–Crippen LogP) is 3.18. The molecule has 2 fully saturated rings. The van der Waals surface area contributed by atoms with Crippen molar-refractivity contribution in [1.82, 2.24) is 9.88 Å². The molecular formula is C15H20ClN3O. The van der Waals surface area contributed by atoms with Crippen molar-refractivity contribution in [3.05, 3.63) is 22.8 Å². The van der Waals surface area contributed by atoms with E-state index in [1.165, 1.54) is 12.8 Å². The van der Waals surface area contributed by atoms with Gasteiger partial charge >= 0.3 is 0 Å². The number of aromatic nitrogens is 1. The third kappa shape index (κ3) is 3.23. The number of nitrogens with zero attached hydrogens (tertiary/aromatic N) is 2. The van der Waals surface area contributed by atoms with Gasteiger partial charge in [-0.1, -0.05) is 11.6 Å². The van der Waals surface area contributed by atoms with Crippen molar-refractivity contribution in [3.63, 3.8) is 0 Å². The average molecular weight is 294 g/mol. The predicted molar refractivity (Wildman–Crippen MR) is 80.2 cm³/mol. The normalized spacial score (nSPS) is 17.9. The van der Waals surface area contributed by atoms with Crippen LogP contribution in [0.5, 0.6) is 0 Å². The van der Waals surface area contributed by atoms with Crippen molar-refractivity contribution in [3.8, 4) is 0 Å². The molecule has 1 amide bonds. The van der Waals surface area contributed by atoms with E-state index in [4.69, 9.17) is 11.6 Å². The van der Waals surface area contributed by atoms with Gasteiger partial charge in [0.15, 0.2) is 0 Å². The lowest BCUT2D eigenvalue weighted by atomic mass is 10.2. The SMILES string of the molecule is CCNc1cc(C(=O)N(CC2CC2)C2CC2)cc(Cl)n1. The molecule has 1 heterocycles. The van der Waals surface area contributed by atoms with Gasteiger partial charge in [0.05, 0.1) is 0 Å². The zero-order chi connectivity index (χ0) is 14.1. The Balaban J connectivity index is 1.80.